The van der Waals surface area contributed by atoms with E-state index >= 15 is 0 Å². The molecule has 1 aromatic rings. The standard InChI is InChI=1S/C21H30N2O/c1-14-9-16-12-21(2,3)23-19(18(16)10-17(14)13-22)11-20(24)15-7-5-4-6-8-15/h9-11,15,23H,4-8,12-13,22H2,1-3H3/b19-11-. The van der Waals surface area contributed by atoms with Crippen molar-refractivity contribution in [3.8, 4) is 0 Å². The van der Waals surface area contributed by atoms with E-state index in [4.69, 9.17) is 5.73 Å². The number of hydrogen-bond acceptors (Lipinski definition) is 3. The van der Waals surface area contributed by atoms with Crippen molar-refractivity contribution in [1.29, 1.82) is 0 Å². The molecular formula is C21H30N2O. The zero-order valence-corrected chi connectivity index (χ0v) is 15.2. The largest absolute Gasteiger partial charge is 0.379 e. The molecule has 0 saturated heterocycles. The first kappa shape index (κ1) is 17.2. The van der Waals surface area contributed by atoms with Crippen LogP contribution in [0.4, 0.5) is 0 Å². The predicted molar refractivity (Wildman–Crippen MR) is 99.5 cm³/mol. The van der Waals surface area contributed by atoms with E-state index in [-0.39, 0.29) is 17.2 Å². The van der Waals surface area contributed by atoms with Gasteiger partial charge in [-0.15, -0.1) is 0 Å². The van der Waals surface area contributed by atoms with Crippen molar-refractivity contribution in [2.75, 3.05) is 0 Å². The molecule has 2 aliphatic rings. The van der Waals surface area contributed by atoms with Crippen LogP contribution >= 0.6 is 0 Å². The number of carbonyl (C=O) groups is 1. The van der Waals surface area contributed by atoms with E-state index in [0.29, 0.717) is 6.54 Å². The lowest BCUT2D eigenvalue weighted by atomic mass is 9.82. The summed E-state index contributed by atoms with van der Waals surface area (Å²) in [6.07, 6.45) is 8.56. The minimum atomic E-state index is -0.0393. The van der Waals surface area contributed by atoms with E-state index < -0.39 is 0 Å². The highest BCUT2D eigenvalue weighted by Gasteiger charge is 2.29. The average molecular weight is 326 g/mol. The summed E-state index contributed by atoms with van der Waals surface area (Å²) in [6.45, 7) is 7.04. The number of allylic oxidation sites excluding steroid dienone is 1. The molecule has 0 aromatic heterocycles. The molecule has 3 nitrogen and oxygen atoms in total. The van der Waals surface area contributed by atoms with Crippen LogP contribution in [0.2, 0.25) is 0 Å². The first-order valence-corrected chi connectivity index (χ1v) is 9.26. The van der Waals surface area contributed by atoms with Gasteiger partial charge in [-0.3, -0.25) is 4.79 Å². The summed E-state index contributed by atoms with van der Waals surface area (Å²) in [7, 11) is 0. The number of benzene rings is 1. The van der Waals surface area contributed by atoms with Crippen LogP contribution in [-0.4, -0.2) is 11.3 Å². The third kappa shape index (κ3) is 3.56. The molecule has 24 heavy (non-hydrogen) atoms. The lowest BCUT2D eigenvalue weighted by Gasteiger charge is -2.36. The van der Waals surface area contributed by atoms with Crippen LogP contribution in [0.5, 0.6) is 0 Å². The maximum Gasteiger partial charge on any atom is 0.160 e. The Balaban J connectivity index is 1.98. The SMILES string of the molecule is Cc1cc2c(cc1CN)/C(=C/C(=O)C1CCCCC1)NC(C)(C)C2. The van der Waals surface area contributed by atoms with Gasteiger partial charge in [-0.1, -0.05) is 25.3 Å². The Morgan fingerprint density at radius 3 is 2.67 bits per heavy atom. The smallest absolute Gasteiger partial charge is 0.160 e. The van der Waals surface area contributed by atoms with Crippen molar-refractivity contribution in [2.24, 2.45) is 11.7 Å². The minimum Gasteiger partial charge on any atom is -0.379 e. The molecule has 3 N–H and O–H groups in total. The molecule has 1 heterocycles. The van der Waals surface area contributed by atoms with Crippen LogP contribution in [0.1, 0.15) is 68.2 Å². The topological polar surface area (TPSA) is 55.1 Å². The van der Waals surface area contributed by atoms with E-state index in [9.17, 15) is 4.79 Å². The Labute approximate surface area is 145 Å². The van der Waals surface area contributed by atoms with Crippen LogP contribution in [0.3, 0.4) is 0 Å². The van der Waals surface area contributed by atoms with E-state index in [1.54, 1.807) is 0 Å². The van der Waals surface area contributed by atoms with Crippen LogP contribution in [0.25, 0.3) is 5.70 Å². The Morgan fingerprint density at radius 1 is 1.29 bits per heavy atom. The maximum atomic E-state index is 12.8. The van der Waals surface area contributed by atoms with Crippen LogP contribution in [0, 0.1) is 12.8 Å². The number of nitrogens with one attached hydrogen (secondary N) is 1. The average Bonchev–Trinajstić information content (AvgIpc) is 2.54. The van der Waals surface area contributed by atoms with Gasteiger partial charge in [-0.25, -0.2) is 0 Å². The molecule has 1 aliphatic heterocycles. The second kappa shape index (κ2) is 6.72. The van der Waals surface area contributed by atoms with Gasteiger partial charge in [0.2, 0.25) is 0 Å². The van der Waals surface area contributed by atoms with Crippen LogP contribution in [0.15, 0.2) is 18.2 Å². The van der Waals surface area contributed by atoms with Crippen LogP contribution in [-0.2, 0) is 17.8 Å². The molecule has 1 aromatic carbocycles. The van der Waals surface area contributed by atoms with Gasteiger partial charge in [-0.05, 0) is 62.8 Å². The monoisotopic (exact) mass is 326 g/mol. The summed E-state index contributed by atoms with van der Waals surface area (Å²) in [5.74, 6) is 0.497. The van der Waals surface area contributed by atoms with Gasteiger partial charge in [0.05, 0.1) is 0 Å². The van der Waals surface area contributed by atoms with Crippen molar-refractivity contribution in [3.05, 3.63) is 40.5 Å². The Hall–Kier alpha value is -1.61. The maximum absolute atomic E-state index is 12.8. The zero-order valence-electron chi connectivity index (χ0n) is 15.2. The van der Waals surface area contributed by atoms with Gasteiger partial charge in [-0.2, -0.15) is 0 Å². The summed E-state index contributed by atoms with van der Waals surface area (Å²) < 4.78 is 0. The first-order chi connectivity index (χ1) is 11.4. The number of nitrogens with two attached hydrogens (primary N) is 1. The Morgan fingerprint density at radius 2 is 2.00 bits per heavy atom. The second-order valence-corrected chi connectivity index (χ2v) is 8.12. The molecule has 0 bridgehead atoms. The van der Waals surface area contributed by atoms with E-state index in [1.165, 1.54) is 30.4 Å². The highest BCUT2D eigenvalue weighted by molar-refractivity contribution is 5.98. The highest BCUT2D eigenvalue weighted by Crippen LogP contribution is 2.33. The van der Waals surface area contributed by atoms with Gasteiger partial charge in [0.25, 0.3) is 0 Å². The minimum absolute atomic E-state index is 0.0393. The van der Waals surface area contributed by atoms with Crippen molar-refractivity contribution >= 4 is 11.5 Å². The van der Waals surface area contributed by atoms with Crippen molar-refractivity contribution in [2.45, 2.75) is 71.4 Å². The number of carbonyl (C=O) groups excluding carboxylic acids is 1. The molecule has 0 spiro atoms. The quantitative estimate of drug-likeness (QED) is 0.829. The fourth-order valence-corrected chi connectivity index (χ4v) is 4.14. The van der Waals surface area contributed by atoms with Crippen molar-refractivity contribution in [3.63, 3.8) is 0 Å². The number of hydrogen-bond donors (Lipinski definition) is 2. The number of ketones is 1. The van der Waals surface area contributed by atoms with Crippen molar-refractivity contribution < 1.29 is 4.79 Å². The zero-order chi connectivity index (χ0) is 17.3. The summed E-state index contributed by atoms with van der Waals surface area (Å²) in [4.78, 5) is 12.8. The summed E-state index contributed by atoms with van der Waals surface area (Å²) in [5.41, 5.74) is 11.7. The molecule has 0 unspecified atom stereocenters. The molecule has 3 rings (SSSR count). The normalized spacial score (nSPS) is 22.1. The first-order valence-electron chi connectivity index (χ1n) is 9.26. The Kier molecular flexibility index (Phi) is 4.82. The van der Waals surface area contributed by atoms with E-state index in [0.717, 1.165) is 36.1 Å². The lowest BCUT2D eigenvalue weighted by Crippen LogP contribution is -2.44. The molecule has 1 saturated carbocycles. The molecule has 0 amide bonds. The molecule has 0 atom stereocenters. The number of fused-ring (bicyclic) bond motifs is 1. The third-order valence-electron chi connectivity index (χ3n) is 5.47. The molecule has 130 valence electrons. The fourth-order valence-electron chi connectivity index (χ4n) is 4.14. The predicted octanol–water partition coefficient (Wildman–Crippen LogP) is 3.87. The molecule has 1 aliphatic carbocycles. The van der Waals surface area contributed by atoms with Gasteiger partial charge in [0, 0.05) is 35.3 Å². The Bertz CT molecular complexity index is 667. The highest BCUT2D eigenvalue weighted by atomic mass is 16.1. The summed E-state index contributed by atoms with van der Waals surface area (Å²) in [6, 6.07) is 4.42. The molecule has 0 radical (unpaired) electrons. The second-order valence-electron chi connectivity index (χ2n) is 8.12. The van der Waals surface area contributed by atoms with Gasteiger partial charge >= 0.3 is 0 Å². The number of rotatable bonds is 3. The van der Waals surface area contributed by atoms with Gasteiger partial charge < -0.3 is 11.1 Å². The van der Waals surface area contributed by atoms with Gasteiger partial charge in [0.15, 0.2) is 5.78 Å². The number of aryl methyl sites for hydroxylation is 1. The summed E-state index contributed by atoms with van der Waals surface area (Å²) in [5, 5.41) is 3.59. The molecule has 3 heteroatoms. The van der Waals surface area contributed by atoms with Crippen LogP contribution < -0.4 is 11.1 Å². The van der Waals surface area contributed by atoms with E-state index in [2.05, 4.69) is 38.2 Å². The van der Waals surface area contributed by atoms with E-state index in [1.807, 2.05) is 6.08 Å². The summed E-state index contributed by atoms with van der Waals surface area (Å²) >= 11 is 0. The van der Waals surface area contributed by atoms with Crippen molar-refractivity contribution in [1.82, 2.24) is 5.32 Å². The molecular weight excluding hydrogens is 296 g/mol. The van der Waals surface area contributed by atoms with Gasteiger partial charge in [0.1, 0.15) is 0 Å². The fraction of sp³-hybridized carbons (Fsp3) is 0.571. The third-order valence-corrected chi connectivity index (χ3v) is 5.47. The lowest BCUT2D eigenvalue weighted by molar-refractivity contribution is -0.119. The molecule has 1 fully saturated rings.